The monoisotopic (exact) mass is 1770 g/mol. The Balaban J connectivity index is 3.59. The number of aliphatic carboxylic acids is 4. The highest BCUT2D eigenvalue weighted by Crippen LogP contribution is 2.14. The van der Waals surface area contributed by atoms with Gasteiger partial charge in [0.15, 0.2) is 17.9 Å². The van der Waals surface area contributed by atoms with Crippen LogP contribution in [0, 0.1) is 22.1 Å². The maximum atomic E-state index is 14.3. The summed E-state index contributed by atoms with van der Waals surface area (Å²) in [5.41, 5.74) is 22.0. The highest BCUT2D eigenvalue weighted by molar-refractivity contribution is 6.01. The van der Waals surface area contributed by atoms with E-state index in [1.807, 2.05) is 10.6 Å². The quantitative estimate of drug-likeness (QED) is 0.0164. The normalized spacial score (nSPS) is 14.8. The van der Waals surface area contributed by atoms with Gasteiger partial charge in [0.2, 0.25) is 88.6 Å². The van der Waals surface area contributed by atoms with E-state index in [0.29, 0.717) is 0 Å². The van der Waals surface area contributed by atoms with Gasteiger partial charge in [-0.1, -0.05) is 26.0 Å². The van der Waals surface area contributed by atoms with Crippen LogP contribution >= 0.6 is 0 Å². The summed E-state index contributed by atoms with van der Waals surface area (Å²) in [5, 5.41) is 153. The molecule has 1 aromatic carbocycles. The Hall–Kier alpha value is -13.4. The average Bonchev–Trinajstić information content (AvgIpc) is 0.486. The summed E-state index contributed by atoms with van der Waals surface area (Å²) in [6, 6.07) is -20.9. The minimum atomic E-state index is -2.09. The molecule has 0 fully saturated rings. The number of phenols is 1. The summed E-state index contributed by atoms with van der Waals surface area (Å²) in [6.07, 6.45) is -7.79. The molecular weight excluding hydrogens is 1650 g/mol. The molecule has 53 nitrogen and oxygen atoms in total. The van der Waals surface area contributed by atoms with Crippen molar-refractivity contribution in [2.75, 3.05) is 46.0 Å². The topological polar surface area (TPSA) is 899 Å². The standard InChI is InChI=1S/C71H117N25O28/c1-31(2)24-43(63(118)96-53(35(6)100)67(122)92-45(26-52(107)108)62(117)90-42(68(123)124)18-20-51(105)106)91-66(121)48(30-99)95-61(116)44(25-36-13-15-37(101)16-14-36)85-49(102)27-82-57(112)41(17-19-50(103)104)89-58(113)40(12-9-23-81-71(77)78)88-65(120)47(29-98)94-60(115)39(11-8-22-80-70(75)76)87-56(111)34(5)84-64(119)46(28-97)93-59(114)38(10-7-21-79-69(73)74)86-55(110)33(4)83-54(109)32(3)72/h13-16,31-35,38-48,53,97-101H,7-12,17-30,72H2,1-6H3,(H,82,112)(H,83,109)(H,84,119)(H,85,102)(H,86,110)(H,87,111)(H,88,120)(H,89,113)(H,90,117)(H,91,121)(H,92,122)(H,93,114)(H,94,115)(H,95,116)(H,96,118)(H,103,104)(H,105,106)(H,107,108)(H,123,124)(H4,73,74,79)(H4,75,76,80)(H4,77,78,81)/t32-,33-,34-,35+,38-,39-,40-,41-,42-,43-,44-,45-,46-,47-,48-,53-/m0/s1. The lowest BCUT2D eigenvalue weighted by Crippen LogP contribution is -2.62. The molecule has 1 rings (SSSR count). The maximum absolute atomic E-state index is 14.3. The Morgan fingerprint density at radius 2 is 0.694 bits per heavy atom. The summed E-state index contributed by atoms with van der Waals surface area (Å²) in [7, 11) is 0. The first-order chi connectivity index (χ1) is 58.0. The molecule has 0 radical (unpaired) electrons. The molecule has 0 aliphatic heterocycles. The Bertz CT molecular complexity index is 3890. The zero-order valence-electron chi connectivity index (χ0n) is 68.9. The Morgan fingerprint density at radius 3 is 1.06 bits per heavy atom. The van der Waals surface area contributed by atoms with Crippen LogP contribution in [0.1, 0.15) is 124 Å². The van der Waals surface area contributed by atoms with Gasteiger partial charge < -0.3 is 165 Å². The molecule has 0 aliphatic rings. The van der Waals surface area contributed by atoms with Crippen LogP contribution in [0.5, 0.6) is 5.75 Å². The van der Waals surface area contributed by atoms with Gasteiger partial charge in [-0.3, -0.25) is 103 Å². The molecule has 0 aromatic heterocycles. The third-order valence-electron chi connectivity index (χ3n) is 17.6. The first kappa shape index (κ1) is 109. The lowest BCUT2D eigenvalue weighted by molar-refractivity contribution is -0.144. The summed E-state index contributed by atoms with van der Waals surface area (Å²) in [5.74, 6) is -26.3. The number of rotatable bonds is 59. The molecule has 124 heavy (non-hydrogen) atoms. The molecule has 0 heterocycles. The number of hydrogen-bond acceptors (Lipinski definition) is 28. The number of aromatic hydroxyl groups is 1. The third-order valence-corrected chi connectivity index (χ3v) is 17.6. The van der Waals surface area contributed by atoms with Crippen LogP contribution in [-0.2, 0) is 97.5 Å². The second-order valence-corrected chi connectivity index (χ2v) is 28.7. The smallest absolute Gasteiger partial charge is 0.326 e. The lowest BCUT2D eigenvalue weighted by Gasteiger charge is -2.28. The molecule has 16 atom stereocenters. The fourth-order valence-electron chi connectivity index (χ4n) is 10.9. The molecule has 0 saturated carbocycles. The number of carboxylic acid groups (broad SMARTS) is 4. The molecule has 0 saturated heterocycles. The van der Waals surface area contributed by atoms with E-state index in [2.05, 4.69) is 85.1 Å². The number of nitrogens with two attached hydrogens (primary N) is 4. The number of aliphatic hydroxyl groups excluding tert-OH is 4. The summed E-state index contributed by atoms with van der Waals surface area (Å²) < 4.78 is 0. The van der Waals surface area contributed by atoms with E-state index < -0.39 is 304 Å². The number of carbonyl (C=O) groups excluding carboxylic acids is 15. The van der Waals surface area contributed by atoms with Crippen molar-refractivity contribution in [2.24, 2.45) is 28.9 Å². The molecule has 694 valence electrons. The number of carbonyl (C=O) groups is 19. The molecule has 0 unspecified atom stereocenters. The van der Waals surface area contributed by atoms with Crippen LogP contribution in [0.2, 0.25) is 0 Å². The van der Waals surface area contributed by atoms with Gasteiger partial charge in [-0.2, -0.15) is 0 Å². The van der Waals surface area contributed by atoms with Crippen LogP contribution in [0.15, 0.2) is 24.3 Å². The van der Waals surface area contributed by atoms with Crippen molar-refractivity contribution in [1.29, 1.82) is 16.2 Å². The molecular formula is C71H117N25O28. The largest absolute Gasteiger partial charge is 0.508 e. The van der Waals surface area contributed by atoms with Gasteiger partial charge in [-0.15, -0.1) is 0 Å². The van der Waals surface area contributed by atoms with E-state index in [-0.39, 0.29) is 69.5 Å². The van der Waals surface area contributed by atoms with E-state index >= 15 is 0 Å². The number of aliphatic hydroxyl groups is 4. The summed E-state index contributed by atoms with van der Waals surface area (Å²) in [4.78, 5) is 252. The number of nitrogens with one attached hydrogen (secondary N) is 21. The minimum absolute atomic E-state index is 0.0381. The van der Waals surface area contributed by atoms with E-state index in [1.54, 1.807) is 13.8 Å². The first-order valence-electron chi connectivity index (χ1n) is 38.7. The van der Waals surface area contributed by atoms with Gasteiger partial charge >= 0.3 is 23.9 Å². The predicted octanol–water partition coefficient (Wildman–Crippen LogP) is -13.3. The van der Waals surface area contributed by atoms with Gasteiger partial charge in [-0.25, -0.2) is 4.79 Å². The molecule has 0 bridgehead atoms. The minimum Gasteiger partial charge on any atom is -0.508 e. The number of guanidine groups is 3. The molecule has 0 aliphatic carbocycles. The van der Waals surface area contributed by atoms with E-state index in [0.717, 1.165) is 13.8 Å². The SMILES string of the molecule is CC(C)C[C@H](NC(=O)[C@H](CO)NC(=O)[C@H](Cc1ccc(O)cc1)NC(=O)CNC(=O)[C@H](CCC(=O)O)NC(=O)[C@H](CCCNC(=N)N)NC(=O)[C@H](CO)NC(=O)[C@H](CCCNC(=N)N)NC(=O)[C@H](C)NC(=O)[C@H](CO)NC(=O)[C@H](CCCNC(=N)N)NC(=O)[C@H](C)NC(=O)[C@H](C)N)C(=O)N[C@H](C(=O)N[C@@H](CC(=O)O)C(=O)N[C@@H](CCC(=O)O)C(=O)O)[C@@H](C)O. The number of amides is 15. The van der Waals surface area contributed by atoms with Crippen molar-refractivity contribution in [1.82, 2.24) is 95.7 Å². The number of hydrogen-bond donors (Lipinski definition) is 34. The van der Waals surface area contributed by atoms with Crippen molar-refractivity contribution >= 4 is 130 Å². The molecule has 38 N–H and O–H groups in total. The van der Waals surface area contributed by atoms with E-state index in [9.17, 15) is 132 Å². The van der Waals surface area contributed by atoms with Crippen LogP contribution < -0.4 is 119 Å². The van der Waals surface area contributed by atoms with Gasteiger partial charge in [0.05, 0.1) is 44.9 Å². The summed E-state index contributed by atoms with van der Waals surface area (Å²) in [6.45, 7) is 3.06. The second-order valence-electron chi connectivity index (χ2n) is 28.7. The lowest BCUT2D eigenvalue weighted by atomic mass is 10.0. The zero-order valence-corrected chi connectivity index (χ0v) is 68.9. The average molecular weight is 1770 g/mol. The third kappa shape index (κ3) is 43.2. The van der Waals surface area contributed by atoms with Crippen molar-refractivity contribution < 1.29 is 137 Å². The molecule has 53 heteroatoms. The predicted molar refractivity (Wildman–Crippen MR) is 430 cm³/mol. The maximum Gasteiger partial charge on any atom is 0.326 e. The summed E-state index contributed by atoms with van der Waals surface area (Å²) >= 11 is 0. The van der Waals surface area contributed by atoms with Gasteiger partial charge in [0.25, 0.3) is 0 Å². The van der Waals surface area contributed by atoms with E-state index in [1.165, 1.54) is 38.1 Å². The van der Waals surface area contributed by atoms with Gasteiger partial charge in [-0.05, 0) is 109 Å². The van der Waals surface area contributed by atoms with Gasteiger partial charge in [0.1, 0.15) is 90.3 Å². The molecule has 0 spiro atoms. The Labute approximate surface area is 709 Å². The van der Waals surface area contributed by atoms with Crippen molar-refractivity contribution in [2.45, 2.75) is 222 Å². The Kier molecular flexibility index (Phi) is 49.2. The number of benzene rings is 1. The van der Waals surface area contributed by atoms with E-state index in [4.69, 9.17) is 44.3 Å². The van der Waals surface area contributed by atoms with Crippen molar-refractivity contribution in [3.05, 3.63) is 29.8 Å². The zero-order chi connectivity index (χ0) is 94.4. The Morgan fingerprint density at radius 1 is 0.363 bits per heavy atom. The highest BCUT2D eigenvalue weighted by atomic mass is 16.4. The number of phenolic OH excluding ortho intramolecular Hbond substituents is 1. The van der Waals surface area contributed by atoms with Crippen molar-refractivity contribution in [3.63, 3.8) is 0 Å². The van der Waals surface area contributed by atoms with Crippen LogP contribution in [0.3, 0.4) is 0 Å². The molecule has 15 amide bonds. The fraction of sp³-hybridized carbons (Fsp3) is 0.606. The van der Waals surface area contributed by atoms with Crippen LogP contribution in [0.25, 0.3) is 0 Å². The van der Waals surface area contributed by atoms with Gasteiger partial charge in [0, 0.05) is 38.9 Å². The second kappa shape index (κ2) is 56.2. The first-order valence-corrected chi connectivity index (χ1v) is 38.7. The van der Waals surface area contributed by atoms with Crippen LogP contribution in [-0.4, -0.2) is 319 Å². The fourth-order valence-corrected chi connectivity index (χ4v) is 10.9. The van der Waals surface area contributed by atoms with Crippen LogP contribution in [0.4, 0.5) is 0 Å². The number of carboxylic acids is 4. The highest BCUT2D eigenvalue weighted by Gasteiger charge is 2.39. The van der Waals surface area contributed by atoms with Crippen molar-refractivity contribution in [3.8, 4) is 5.75 Å². The molecule has 1 aromatic rings.